The molecule has 0 aliphatic carbocycles. The molecular formula is C20H18N4O5S2. The molecule has 4 rings (SSSR count). The standard InChI is InChI=1S/C20H18N4O5S2/c1-11(25)14-7-16-17(29-10-28-16)8-15(14)22-18(26)9-30-20-24-23-19(31-20)21-12-4-3-5-13(6-12)27-2/h3-8H,9-10H2,1-2H3,(H,21,23)(H,22,26). The van der Waals surface area contributed by atoms with Crippen molar-refractivity contribution in [3.05, 3.63) is 42.0 Å². The largest absolute Gasteiger partial charge is 0.497 e. The smallest absolute Gasteiger partial charge is 0.234 e. The number of hydrogen-bond acceptors (Lipinski definition) is 10. The summed E-state index contributed by atoms with van der Waals surface area (Å²) in [6.45, 7) is 1.52. The van der Waals surface area contributed by atoms with E-state index in [-0.39, 0.29) is 24.2 Å². The summed E-state index contributed by atoms with van der Waals surface area (Å²) in [5.74, 6) is 1.36. The molecule has 3 aromatic rings. The highest BCUT2D eigenvalue weighted by atomic mass is 32.2. The van der Waals surface area contributed by atoms with E-state index in [0.717, 1.165) is 11.4 Å². The summed E-state index contributed by atoms with van der Waals surface area (Å²) < 4.78 is 16.5. The van der Waals surface area contributed by atoms with Gasteiger partial charge in [0, 0.05) is 23.4 Å². The minimum Gasteiger partial charge on any atom is -0.497 e. The molecule has 0 fully saturated rings. The van der Waals surface area contributed by atoms with Crippen LogP contribution in [0.5, 0.6) is 17.2 Å². The molecule has 11 heteroatoms. The van der Waals surface area contributed by atoms with Crippen LogP contribution < -0.4 is 24.8 Å². The van der Waals surface area contributed by atoms with Crippen molar-refractivity contribution in [3.8, 4) is 17.2 Å². The number of amides is 1. The number of ketones is 1. The zero-order chi connectivity index (χ0) is 21.8. The van der Waals surface area contributed by atoms with Crippen LogP contribution in [0.15, 0.2) is 40.7 Å². The monoisotopic (exact) mass is 458 g/mol. The first-order chi connectivity index (χ1) is 15.0. The van der Waals surface area contributed by atoms with E-state index in [9.17, 15) is 9.59 Å². The lowest BCUT2D eigenvalue weighted by Crippen LogP contribution is -2.16. The third-order valence-corrected chi connectivity index (χ3v) is 6.19. The van der Waals surface area contributed by atoms with Crippen molar-refractivity contribution in [2.45, 2.75) is 11.3 Å². The zero-order valence-corrected chi connectivity index (χ0v) is 18.3. The lowest BCUT2D eigenvalue weighted by atomic mass is 10.1. The van der Waals surface area contributed by atoms with Crippen LogP contribution in [0.1, 0.15) is 17.3 Å². The summed E-state index contributed by atoms with van der Waals surface area (Å²) in [5, 5.41) is 14.7. The number of ether oxygens (including phenoxy) is 3. The number of benzene rings is 2. The Balaban J connectivity index is 1.36. The van der Waals surface area contributed by atoms with Gasteiger partial charge in [0.15, 0.2) is 21.6 Å². The first-order valence-corrected chi connectivity index (χ1v) is 10.9. The van der Waals surface area contributed by atoms with Crippen molar-refractivity contribution in [2.24, 2.45) is 0 Å². The molecule has 160 valence electrons. The van der Waals surface area contributed by atoms with Crippen LogP contribution in [0.25, 0.3) is 0 Å². The molecule has 0 saturated heterocycles. The quantitative estimate of drug-likeness (QED) is 0.383. The first kappa shape index (κ1) is 20.9. The van der Waals surface area contributed by atoms with E-state index in [1.165, 1.54) is 30.0 Å². The Morgan fingerprint density at radius 2 is 2.00 bits per heavy atom. The molecule has 2 heterocycles. The number of hydrogen-bond donors (Lipinski definition) is 2. The molecule has 0 saturated carbocycles. The van der Waals surface area contributed by atoms with Crippen LogP contribution in [0.4, 0.5) is 16.5 Å². The maximum absolute atomic E-state index is 12.4. The van der Waals surface area contributed by atoms with Crippen LogP contribution in [-0.4, -0.2) is 41.5 Å². The van der Waals surface area contributed by atoms with Gasteiger partial charge in [0.25, 0.3) is 0 Å². The Labute approximate surface area is 186 Å². The van der Waals surface area contributed by atoms with Gasteiger partial charge < -0.3 is 24.8 Å². The van der Waals surface area contributed by atoms with E-state index in [0.29, 0.717) is 32.2 Å². The van der Waals surface area contributed by atoms with Gasteiger partial charge in [-0.25, -0.2) is 0 Å². The fraction of sp³-hybridized carbons (Fsp3) is 0.200. The Kier molecular flexibility index (Phi) is 6.23. The fourth-order valence-corrected chi connectivity index (χ4v) is 4.37. The van der Waals surface area contributed by atoms with Crippen molar-refractivity contribution < 1.29 is 23.8 Å². The highest BCUT2D eigenvalue weighted by Gasteiger charge is 2.20. The molecule has 31 heavy (non-hydrogen) atoms. The Bertz CT molecular complexity index is 1130. The van der Waals surface area contributed by atoms with Gasteiger partial charge in [0.05, 0.1) is 18.6 Å². The van der Waals surface area contributed by atoms with Crippen LogP contribution >= 0.6 is 23.1 Å². The van der Waals surface area contributed by atoms with Gasteiger partial charge in [0.2, 0.25) is 17.8 Å². The summed E-state index contributed by atoms with van der Waals surface area (Å²) in [4.78, 5) is 24.4. The summed E-state index contributed by atoms with van der Waals surface area (Å²) >= 11 is 2.59. The van der Waals surface area contributed by atoms with Gasteiger partial charge in [-0.3, -0.25) is 9.59 Å². The molecule has 2 aromatic carbocycles. The van der Waals surface area contributed by atoms with Gasteiger partial charge in [0.1, 0.15) is 5.75 Å². The van der Waals surface area contributed by atoms with E-state index in [1.807, 2.05) is 24.3 Å². The van der Waals surface area contributed by atoms with Gasteiger partial charge in [-0.1, -0.05) is 29.2 Å². The zero-order valence-electron chi connectivity index (χ0n) is 16.6. The van der Waals surface area contributed by atoms with E-state index in [4.69, 9.17) is 14.2 Å². The van der Waals surface area contributed by atoms with Gasteiger partial charge >= 0.3 is 0 Å². The molecule has 0 bridgehead atoms. The lowest BCUT2D eigenvalue weighted by Gasteiger charge is -2.10. The first-order valence-electron chi connectivity index (χ1n) is 9.13. The highest BCUT2D eigenvalue weighted by Crippen LogP contribution is 2.37. The van der Waals surface area contributed by atoms with Crippen molar-refractivity contribution in [1.29, 1.82) is 0 Å². The molecule has 0 radical (unpaired) electrons. The number of anilines is 3. The number of nitrogens with one attached hydrogen (secondary N) is 2. The fourth-order valence-electron chi connectivity index (χ4n) is 2.79. The number of methoxy groups -OCH3 is 1. The van der Waals surface area contributed by atoms with E-state index in [2.05, 4.69) is 20.8 Å². The SMILES string of the molecule is COc1cccc(Nc2nnc(SCC(=O)Nc3cc4c(cc3C(C)=O)OCO4)s2)c1. The summed E-state index contributed by atoms with van der Waals surface area (Å²) in [7, 11) is 1.60. The molecule has 0 spiro atoms. The topological polar surface area (TPSA) is 112 Å². The predicted molar refractivity (Wildman–Crippen MR) is 118 cm³/mol. The second kappa shape index (κ2) is 9.23. The third kappa shape index (κ3) is 5.06. The molecule has 0 atom stereocenters. The summed E-state index contributed by atoms with van der Waals surface area (Å²) in [5.41, 5.74) is 1.58. The van der Waals surface area contributed by atoms with Crippen molar-refractivity contribution in [1.82, 2.24) is 10.2 Å². The number of Topliss-reactive ketones (excluding diaryl/α,β-unsaturated/α-hetero) is 1. The Hall–Kier alpha value is -3.31. The maximum atomic E-state index is 12.4. The number of nitrogens with zero attached hydrogens (tertiary/aromatic N) is 2. The number of thioether (sulfide) groups is 1. The van der Waals surface area contributed by atoms with Crippen LogP contribution in [0, 0.1) is 0 Å². The third-order valence-electron chi connectivity index (χ3n) is 4.22. The Morgan fingerprint density at radius 1 is 1.19 bits per heavy atom. The number of aromatic nitrogens is 2. The highest BCUT2D eigenvalue weighted by molar-refractivity contribution is 8.01. The average molecular weight is 459 g/mol. The predicted octanol–water partition coefficient (Wildman–Crippen LogP) is 3.95. The summed E-state index contributed by atoms with van der Waals surface area (Å²) in [6.07, 6.45) is 0. The summed E-state index contributed by atoms with van der Waals surface area (Å²) in [6, 6.07) is 10.6. The molecule has 1 aliphatic heterocycles. The number of rotatable bonds is 8. The molecule has 0 unspecified atom stereocenters. The number of carbonyl (C=O) groups excluding carboxylic acids is 2. The van der Waals surface area contributed by atoms with Crippen molar-refractivity contribution >= 4 is 51.3 Å². The number of fused-ring (bicyclic) bond motifs is 1. The maximum Gasteiger partial charge on any atom is 0.234 e. The van der Waals surface area contributed by atoms with Crippen LogP contribution in [-0.2, 0) is 4.79 Å². The normalized spacial score (nSPS) is 11.8. The van der Waals surface area contributed by atoms with Crippen molar-refractivity contribution in [3.63, 3.8) is 0 Å². The second-order valence-electron chi connectivity index (χ2n) is 6.37. The van der Waals surface area contributed by atoms with Crippen LogP contribution in [0.2, 0.25) is 0 Å². The van der Waals surface area contributed by atoms with Crippen LogP contribution in [0.3, 0.4) is 0 Å². The Morgan fingerprint density at radius 3 is 2.77 bits per heavy atom. The van der Waals surface area contributed by atoms with Crippen molar-refractivity contribution in [2.75, 3.05) is 30.3 Å². The molecule has 1 aliphatic rings. The molecular weight excluding hydrogens is 440 g/mol. The molecule has 1 aromatic heterocycles. The minimum absolute atomic E-state index is 0.0864. The van der Waals surface area contributed by atoms with Gasteiger partial charge in [-0.2, -0.15) is 0 Å². The second-order valence-corrected chi connectivity index (χ2v) is 8.57. The average Bonchev–Trinajstić information content (AvgIpc) is 3.40. The van der Waals surface area contributed by atoms with E-state index < -0.39 is 0 Å². The van der Waals surface area contributed by atoms with Gasteiger partial charge in [-0.05, 0) is 25.1 Å². The van der Waals surface area contributed by atoms with E-state index in [1.54, 1.807) is 19.2 Å². The molecule has 9 nitrogen and oxygen atoms in total. The van der Waals surface area contributed by atoms with Gasteiger partial charge in [-0.15, -0.1) is 10.2 Å². The van der Waals surface area contributed by atoms with E-state index >= 15 is 0 Å². The minimum atomic E-state index is -0.274. The molecule has 1 amide bonds. The molecule has 2 N–H and O–H groups in total. The number of carbonyl (C=O) groups is 2. The lowest BCUT2D eigenvalue weighted by molar-refractivity contribution is -0.113.